The molecule has 1 aliphatic rings. The van der Waals surface area contributed by atoms with Crippen LogP contribution in [-0.2, 0) is 6.18 Å². The van der Waals surface area contributed by atoms with Crippen LogP contribution in [0.2, 0.25) is 0 Å². The third-order valence-electron chi connectivity index (χ3n) is 5.46. The molecule has 0 atom stereocenters. The van der Waals surface area contributed by atoms with Crippen LogP contribution in [0.3, 0.4) is 0 Å². The Morgan fingerprint density at radius 3 is 2.48 bits per heavy atom. The Kier molecular flexibility index (Phi) is 5.07. The lowest BCUT2D eigenvalue weighted by molar-refractivity contribution is -0.137. The molecule has 3 N–H and O–H groups in total. The van der Waals surface area contributed by atoms with E-state index < -0.39 is 17.5 Å². The van der Waals surface area contributed by atoms with Crippen LogP contribution < -0.4 is 16.4 Å². The highest BCUT2D eigenvalue weighted by Crippen LogP contribution is 2.41. The maximum atomic E-state index is 13.5. The van der Waals surface area contributed by atoms with Gasteiger partial charge in [-0.05, 0) is 48.9 Å². The van der Waals surface area contributed by atoms with Gasteiger partial charge >= 0.3 is 11.9 Å². The van der Waals surface area contributed by atoms with Gasteiger partial charge in [0.2, 0.25) is 5.89 Å². The van der Waals surface area contributed by atoms with E-state index in [1.165, 1.54) is 12.1 Å². The summed E-state index contributed by atoms with van der Waals surface area (Å²) >= 11 is 0. The van der Waals surface area contributed by atoms with E-state index in [1.54, 1.807) is 4.90 Å². The van der Waals surface area contributed by atoms with Crippen molar-refractivity contribution in [3.05, 3.63) is 34.3 Å². The van der Waals surface area contributed by atoms with Gasteiger partial charge in [-0.3, -0.25) is 0 Å². The number of hydrogen-bond donors (Lipinski definition) is 2. The highest BCUT2D eigenvalue weighted by Gasteiger charge is 2.37. The van der Waals surface area contributed by atoms with Gasteiger partial charge in [0.25, 0.3) is 0 Å². The van der Waals surface area contributed by atoms with Gasteiger partial charge in [-0.2, -0.15) is 13.2 Å². The number of hydrogen-bond acceptors (Lipinski definition) is 5. The van der Waals surface area contributed by atoms with Crippen molar-refractivity contribution in [3.8, 4) is 11.5 Å². The van der Waals surface area contributed by atoms with Crippen molar-refractivity contribution in [3.63, 3.8) is 0 Å². The zero-order chi connectivity index (χ0) is 19.8. The van der Waals surface area contributed by atoms with Crippen LogP contribution in [0, 0.1) is 11.3 Å². The lowest BCUT2D eigenvalue weighted by Gasteiger charge is -2.41. The first-order valence-corrected chi connectivity index (χ1v) is 8.84. The number of anilines is 1. The number of halogens is 3. The van der Waals surface area contributed by atoms with Gasteiger partial charge < -0.3 is 15.1 Å². The number of nitrogens with zero attached hydrogens (tertiary/aromatic N) is 2. The summed E-state index contributed by atoms with van der Waals surface area (Å²) in [5, 5.41) is 5.82. The van der Waals surface area contributed by atoms with Crippen molar-refractivity contribution in [1.29, 1.82) is 0 Å². The van der Waals surface area contributed by atoms with Crippen LogP contribution in [0.5, 0.6) is 0 Å². The third kappa shape index (κ3) is 4.02. The second-order valence-electron chi connectivity index (χ2n) is 7.60. The average Bonchev–Trinajstić information content (AvgIpc) is 3.07. The number of nitrogens with one attached hydrogen (secondary N) is 1. The summed E-state index contributed by atoms with van der Waals surface area (Å²) in [6, 6.07) is 3.65. The number of nitrogens with two attached hydrogens (primary N) is 1. The minimum absolute atomic E-state index is 0.0332. The van der Waals surface area contributed by atoms with E-state index >= 15 is 0 Å². The van der Waals surface area contributed by atoms with Crippen molar-refractivity contribution in [2.24, 2.45) is 17.1 Å². The molecule has 0 aliphatic carbocycles. The summed E-state index contributed by atoms with van der Waals surface area (Å²) in [5.74, 6) is -0.425. The largest absolute Gasteiger partial charge is 0.434 e. The molecule has 3 rings (SSSR count). The summed E-state index contributed by atoms with van der Waals surface area (Å²) in [4.78, 5) is 12.9. The van der Waals surface area contributed by atoms with Crippen LogP contribution in [0.25, 0.3) is 11.5 Å². The molecule has 148 valence electrons. The number of aromatic amines is 1. The highest BCUT2D eigenvalue weighted by molar-refractivity contribution is 5.66. The predicted molar refractivity (Wildman–Crippen MR) is 95.3 cm³/mol. The molecule has 1 saturated heterocycles. The van der Waals surface area contributed by atoms with Crippen LogP contribution >= 0.6 is 0 Å². The fourth-order valence-corrected chi connectivity index (χ4v) is 3.59. The Morgan fingerprint density at radius 2 is 1.96 bits per heavy atom. The van der Waals surface area contributed by atoms with Gasteiger partial charge in [-0.25, -0.2) is 9.89 Å². The van der Waals surface area contributed by atoms with Gasteiger partial charge in [0.15, 0.2) is 0 Å². The summed E-state index contributed by atoms with van der Waals surface area (Å²) in [7, 11) is 0. The summed E-state index contributed by atoms with van der Waals surface area (Å²) in [5.41, 5.74) is 5.49. The van der Waals surface area contributed by atoms with Gasteiger partial charge in [-0.1, -0.05) is 13.8 Å². The molecule has 0 radical (unpaired) electrons. The SMILES string of the molecule is CC(C)(CN)C1CCN(c2cc(-c3n[nH]c(=O)o3)ccc2C(F)(F)F)CC1. The molecule has 6 nitrogen and oxygen atoms in total. The predicted octanol–water partition coefficient (Wildman–Crippen LogP) is 3.25. The second-order valence-corrected chi connectivity index (χ2v) is 7.60. The van der Waals surface area contributed by atoms with Gasteiger partial charge in [-0.15, -0.1) is 5.10 Å². The third-order valence-corrected chi connectivity index (χ3v) is 5.46. The first kappa shape index (κ1) is 19.5. The molecule has 2 heterocycles. The van der Waals surface area contributed by atoms with Crippen LogP contribution in [-0.4, -0.2) is 29.8 Å². The Hall–Kier alpha value is -2.29. The normalized spacial score (nSPS) is 16.7. The molecule has 0 amide bonds. The summed E-state index contributed by atoms with van der Waals surface area (Å²) < 4.78 is 45.4. The van der Waals surface area contributed by atoms with Crippen LogP contribution in [0.15, 0.2) is 27.4 Å². The van der Waals surface area contributed by atoms with E-state index in [9.17, 15) is 18.0 Å². The van der Waals surface area contributed by atoms with E-state index in [1.807, 2.05) is 0 Å². The lowest BCUT2D eigenvalue weighted by atomic mass is 9.73. The monoisotopic (exact) mass is 384 g/mol. The molecule has 1 aromatic heterocycles. The minimum atomic E-state index is -4.48. The number of aromatic nitrogens is 2. The standard InChI is InChI=1S/C18H23F3N4O2/c1-17(2,10-22)12-5-7-25(8-6-12)14-9-11(15-23-24-16(26)27-15)3-4-13(14)18(19,20)21/h3-4,9,12H,5-8,10,22H2,1-2H3,(H,24,26). The minimum Gasteiger partial charge on any atom is -0.388 e. The maximum Gasteiger partial charge on any atom is 0.434 e. The number of H-pyrrole nitrogens is 1. The molecule has 0 saturated carbocycles. The number of alkyl halides is 3. The molecule has 0 unspecified atom stereocenters. The lowest BCUT2D eigenvalue weighted by Crippen LogP contribution is -2.42. The number of rotatable bonds is 4. The zero-order valence-electron chi connectivity index (χ0n) is 15.3. The molecular formula is C18H23F3N4O2. The van der Waals surface area contributed by atoms with Crippen molar-refractivity contribution in [2.45, 2.75) is 32.9 Å². The smallest absolute Gasteiger partial charge is 0.388 e. The Labute approximate surface area is 154 Å². The topological polar surface area (TPSA) is 88.1 Å². The first-order chi connectivity index (χ1) is 12.6. The van der Waals surface area contributed by atoms with Gasteiger partial charge in [0.05, 0.1) is 5.56 Å². The summed E-state index contributed by atoms with van der Waals surface area (Å²) in [6.07, 6.45) is -2.94. The van der Waals surface area contributed by atoms with Crippen molar-refractivity contribution in [1.82, 2.24) is 10.2 Å². The van der Waals surface area contributed by atoms with E-state index in [4.69, 9.17) is 10.2 Å². The zero-order valence-corrected chi connectivity index (χ0v) is 15.3. The molecule has 1 aliphatic heterocycles. The Morgan fingerprint density at radius 1 is 1.30 bits per heavy atom. The van der Waals surface area contributed by atoms with E-state index in [2.05, 4.69) is 24.0 Å². The van der Waals surface area contributed by atoms with Crippen LogP contribution in [0.4, 0.5) is 18.9 Å². The molecule has 27 heavy (non-hydrogen) atoms. The fourth-order valence-electron chi connectivity index (χ4n) is 3.59. The molecule has 9 heteroatoms. The summed E-state index contributed by atoms with van der Waals surface area (Å²) in [6.45, 7) is 5.73. The Bertz CT molecular complexity index is 849. The molecule has 0 bridgehead atoms. The van der Waals surface area contributed by atoms with E-state index in [-0.39, 0.29) is 17.0 Å². The highest BCUT2D eigenvalue weighted by atomic mass is 19.4. The van der Waals surface area contributed by atoms with Gasteiger partial charge in [0, 0.05) is 24.3 Å². The quantitative estimate of drug-likeness (QED) is 0.845. The molecule has 0 spiro atoms. The Balaban J connectivity index is 1.92. The van der Waals surface area contributed by atoms with Crippen molar-refractivity contribution < 1.29 is 17.6 Å². The second kappa shape index (κ2) is 7.03. The number of benzene rings is 1. The average molecular weight is 384 g/mol. The van der Waals surface area contributed by atoms with E-state index in [0.29, 0.717) is 31.1 Å². The maximum absolute atomic E-state index is 13.5. The molecule has 1 fully saturated rings. The molecular weight excluding hydrogens is 361 g/mol. The van der Waals surface area contributed by atoms with E-state index in [0.717, 1.165) is 18.9 Å². The first-order valence-electron chi connectivity index (χ1n) is 8.84. The molecule has 2 aromatic rings. The number of piperidine rings is 1. The molecule has 1 aromatic carbocycles. The van der Waals surface area contributed by atoms with Crippen LogP contribution in [0.1, 0.15) is 32.3 Å². The van der Waals surface area contributed by atoms with Crippen molar-refractivity contribution in [2.75, 3.05) is 24.5 Å². The van der Waals surface area contributed by atoms with Crippen molar-refractivity contribution >= 4 is 5.69 Å². The van der Waals surface area contributed by atoms with Gasteiger partial charge in [0.1, 0.15) is 0 Å². The fraction of sp³-hybridized carbons (Fsp3) is 0.556.